The fourth-order valence-corrected chi connectivity index (χ4v) is 4.83. The molecule has 0 fully saturated rings. The van der Waals surface area contributed by atoms with E-state index in [2.05, 4.69) is 10.6 Å². The quantitative estimate of drug-likeness (QED) is 0.706. The molecule has 27 heavy (non-hydrogen) atoms. The highest BCUT2D eigenvalue weighted by atomic mass is 32.2. The monoisotopic (exact) mass is 385 g/mol. The summed E-state index contributed by atoms with van der Waals surface area (Å²) in [7, 11) is -1.68. The van der Waals surface area contributed by atoms with Crippen molar-refractivity contribution in [2.45, 2.75) is 18.7 Å². The number of carbonyl (C=O) groups excluding carboxylic acids is 1. The number of fused-ring (bicyclic) bond motifs is 1. The van der Waals surface area contributed by atoms with E-state index in [4.69, 9.17) is 0 Å². The summed E-state index contributed by atoms with van der Waals surface area (Å²) in [6.45, 7) is 3.72. The number of nitrogens with zero attached hydrogens (tertiary/aromatic N) is 1. The van der Waals surface area contributed by atoms with Crippen LogP contribution < -0.4 is 10.6 Å². The summed E-state index contributed by atoms with van der Waals surface area (Å²) in [5, 5.41) is 6.06. The molecule has 1 heterocycles. The lowest BCUT2D eigenvalue weighted by molar-refractivity contribution is 0.252. The van der Waals surface area contributed by atoms with Gasteiger partial charge < -0.3 is 15.2 Å². The lowest BCUT2D eigenvalue weighted by Gasteiger charge is -2.10. The number of hydrogen-bond donors (Lipinski definition) is 2. The Morgan fingerprint density at radius 2 is 1.70 bits per heavy atom. The van der Waals surface area contributed by atoms with Crippen molar-refractivity contribution >= 4 is 32.5 Å². The number of urea groups is 1. The zero-order valence-electron chi connectivity index (χ0n) is 15.6. The minimum absolute atomic E-state index is 0.0305. The van der Waals surface area contributed by atoms with Crippen molar-refractivity contribution in [2.24, 2.45) is 7.05 Å². The second-order valence-electron chi connectivity index (χ2n) is 6.51. The molecule has 0 atom stereocenters. The van der Waals surface area contributed by atoms with Crippen molar-refractivity contribution in [3.05, 3.63) is 59.8 Å². The lowest BCUT2D eigenvalue weighted by atomic mass is 10.2. The van der Waals surface area contributed by atoms with Crippen molar-refractivity contribution in [2.75, 3.05) is 17.6 Å². The van der Waals surface area contributed by atoms with E-state index in [1.807, 2.05) is 61.0 Å². The Labute approximate surface area is 159 Å². The SMILES string of the molecule is Cc1ccccc1NC(=O)NCCS(=O)(=O)c1c(C)n(C)c2ccccc12. The first-order valence-electron chi connectivity index (χ1n) is 8.68. The van der Waals surface area contributed by atoms with E-state index in [0.717, 1.165) is 11.1 Å². The number of aryl methyl sites for hydroxylation is 2. The van der Waals surface area contributed by atoms with E-state index >= 15 is 0 Å². The Morgan fingerprint density at radius 3 is 2.44 bits per heavy atom. The summed E-state index contributed by atoms with van der Waals surface area (Å²) in [5.41, 5.74) is 3.20. The van der Waals surface area contributed by atoms with Crippen LogP contribution in [0.25, 0.3) is 10.9 Å². The molecule has 6 nitrogen and oxygen atoms in total. The molecule has 7 heteroatoms. The van der Waals surface area contributed by atoms with Crippen LogP contribution in [0.15, 0.2) is 53.4 Å². The van der Waals surface area contributed by atoms with Crippen LogP contribution in [0.1, 0.15) is 11.3 Å². The van der Waals surface area contributed by atoms with Crippen LogP contribution in [-0.2, 0) is 16.9 Å². The average Bonchev–Trinajstić information content (AvgIpc) is 2.89. The number of sulfone groups is 1. The topological polar surface area (TPSA) is 80.2 Å². The molecule has 1 aromatic heterocycles. The summed E-state index contributed by atoms with van der Waals surface area (Å²) in [5.74, 6) is -0.164. The number of anilines is 1. The first-order valence-corrected chi connectivity index (χ1v) is 10.3. The van der Waals surface area contributed by atoms with Crippen LogP contribution >= 0.6 is 0 Å². The number of nitrogens with one attached hydrogen (secondary N) is 2. The predicted molar refractivity (Wildman–Crippen MR) is 108 cm³/mol. The molecule has 0 saturated heterocycles. The van der Waals surface area contributed by atoms with Gasteiger partial charge in [0, 0.05) is 35.9 Å². The molecule has 2 aromatic carbocycles. The largest absolute Gasteiger partial charge is 0.347 e. The molecule has 0 aliphatic carbocycles. The molecular weight excluding hydrogens is 362 g/mol. The fourth-order valence-electron chi connectivity index (χ4n) is 3.16. The molecule has 0 bridgehead atoms. The highest BCUT2D eigenvalue weighted by Crippen LogP contribution is 2.29. The van der Waals surface area contributed by atoms with Gasteiger partial charge in [-0.3, -0.25) is 0 Å². The minimum atomic E-state index is -3.54. The molecule has 0 saturated carbocycles. The van der Waals surface area contributed by atoms with Crippen LogP contribution in [0.4, 0.5) is 10.5 Å². The summed E-state index contributed by atoms with van der Waals surface area (Å²) >= 11 is 0. The Kier molecular flexibility index (Phi) is 5.23. The third-order valence-electron chi connectivity index (χ3n) is 4.70. The molecule has 0 spiro atoms. The summed E-state index contributed by atoms with van der Waals surface area (Å²) in [6.07, 6.45) is 0. The van der Waals surface area contributed by atoms with Gasteiger partial charge in [0.1, 0.15) is 0 Å². The van der Waals surface area contributed by atoms with Gasteiger partial charge in [-0.1, -0.05) is 36.4 Å². The van der Waals surface area contributed by atoms with Gasteiger partial charge in [-0.25, -0.2) is 13.2 Å². The van der Waals surface area contributed by atoms with Gasteiger partial charge in [-0.2, -0.15) is 0 Å². The second kappa shape index (κ2) is 7.44. The van der Waals surface area contributed by atoms with E-state index in [9.17, 15) is 13.2 Å². The molecule has 142 valence electrons. The molecule has 0 unspecified atom stereocenters. The van der Waals surface area contributed by atoms with Gasteiger partial charge in [0.05, 0.1) is 10.6 Å². The second-order valence-corrected chi connectivity index (χ2v) is 8.55. The van der Waals surface area contributed by atoms with Gasteiger partial charge >= 0.3 is 6.03 Å². The summed E-state index contributed by atoms with van der Waals surface area (Å²) in [4.78, 5) is 12.4. The summed E-state index contributed by atoms with van der Waals surface area (Å²) < 4.78 is 27.7. The van der Waals surface area contributed by atoms with E-state index < -0.39 is 15.9 Å². The van der Waals surface area contributed by atoms with Crippen molar-refractivity contribution in [3.8, 4) is 0 Å². The maximum atomic E-state index is 12.9. The maximum Gasteiger partial charge on any atom is 0.319 e. The fraction of sp³-hybridized carbons (Fsp3) is 0.250. The number of carbonyl (C=O) groups is 1. The van der Waals surface area contributed by atoms with Crippen molar-refractivity contribution in [1.29, 1.82) is 0 Å². The zero-order chi connectivity index (χ0) is 19.6. The first kappa shape index (κ1) is 19.0. The lowest BCUT2D eigenvalue weighted by Crippen LogP contribution is -2.33. The standard InChI is InChI=1S/C20H23N3O3S/c1-14-8-4-6-10-17(14)22-20(24)21-12-13-27(25,26)19-15(2)23(3)18-11-7-5-9-16(18)19/h4-11H,12-13H2,1-3H3,(H2,21,22,24). The Morgan fingerprint density at radius 1 is 1.04 bits per heavy atom. The molecule has 3 aromatic rings. The molecule has 2 N–H and O–H groups in total. The van der Waals surface area contributed by atoms with Gasteiger partial charge in [-0.15, -0.1) is 0 Å². The number of rotatable bonds is 5. The molecular formula is C20H23N3O3S. The Bertz CT molecular complexity index is 1100. The molecule has 2 amide bonds. The highest BCUT2D eigenvalue weighted by molar-refractivity contribution is 7.91. The molecule has 0 aliphatic rings. The van der Waals surface area contributed by atoms with E-state index in [1.54, 1.807) is 13.0 Å². The van der Waals surface area contributed by atoms with Crippen molar-refractivity contribution in [1.82, 2.24) is 9.88 Å². The van der Waals surface area contributed by atoms with E-state index in [-0.39, 0.29) is 12.3 Å². The molecule has 3 rings (SSSR count). The Hall–Kier alpha value is -2.80. The number of aromatic nitrogens is 1. The zero-order valence-corrected chi connectivity index (χ0v) is 16.4. The summed E-state index contributed by atoms with van der Waals surface area (Å²) in [6, 6.07) is 14.4. The number of benzene rings is 2. The number of para-hydroxylation sites is 2. The van der Waals surface area contributed by atoms with Gasteiger partial charge in [0.25, 0.3) is 0 Å². The smallest absolute Gasteiger partial charge is 0.319 e. The van der Waals surface area contributed by atoms with Crippen molar-refractivity contribution < 1.29 is 13.2 Å². The van der Waals surface area contributed by atoms with Gasteiger partial charge in [-0.05, 0) is 31.5 Å². The Balaban J connectivity index is 1.70. The number of amides is 2. The van der Waals surface area contributed by atoms with E-state index in [0.29, 0.717) is 21.7 Å². The van der Waals surface area contributed by atoms with Gasteiger partial charge in [0.15, 0.2) is 9.84 Å². The maximum absolute atomic E-state index is 12.9. The van der Waals surface area contributed by atoms with Crippen LogP contribution in [0.5, 0.6) is 0 Å². The van der Waals surface area contributed by atoms with Crippen molar-refractivity contribution in [3.63, 3.8) is 0 Å². The van der Waals surface area contributed by atoms with Gasteiger partial charge in [0.2, 0.25) is 0 Å². The van der Waals surface area contributed by atoms with E-state index in [1.165, 1.54) is 0 Å². The van der Waals surface area contributed by atoms with Crippen LogP contribution in [0.2, 0.25) is 0 Å². The predicted octanol–water partition coefficient (Wildman–Crippen LogP) is 3.39. The van der Waals surface area contributed by atoms with Crippen LogP contribution in [0.3, 0.4) is 0 Å². The highest BCUT2D eigenvalue weighted by Gasteiger charge is 2.24. The third-order valence-corrected chi connectivity index (χ3v) is 6.58. The number of hydrogen-bond acceptors (Lipinski definition) is 3. The third kappa shape index (κ3) is 3.83. The van der Waals surface area contributed by atoms with Crippen LogP contribution in [0, 0.1) is 13.8 Å². The molecule has 0 aliphatic heterocycles. The normalized spacial score (nSPS) is 11.5. The van der Waals surface area contributed by atoms with Crippen LogP contribution in [-0.4, -0.2) is 31.3 Å². The molecule has 0 radical (unpaired) electrons. The average molecular weight is 385 g/mol. The minimum Gasteiger partial charge on any atom is -0.347 e. The first-order chi connectivity index (χ1) is 12.8.